The fourth-order valence-electron chi connectivity index (χ4n) is 1.87. The van der Waals surface area contributed by atoms with Crippen LogP contribution in [0, 0.1) is 5.41 Å². The van der Waals surface area contributed by atoms with Gasteiger partial charge in [0.25, 0.3) is 0 Å². The van der Waals surface area contributed by atoms with Gasteiger partial charge in [0, 0.05) is 16.9 Å². The van der Waals surface area contributed by atoms with E-state index in [2.05, 4.69) is 17.2 Å². The zero-order chi connectivity index (χ0) is 15.1. The van der Waals surface area contributed by atoms with Crippen molar-refractivity contribution in [2.24, 2.45) is 0 Å². The van der Waals surface area contributed by atoms with Gasteiger partial charge in [-0.1, -0.05) is 30.8 Å². The summed E-state index contributed by atoms with van der Waals surface area (Å²) in [6.45, 7) is 6.30. The second kappa shape index (κ2) is 7.14. The summed E-state index contributed by atoms with van der Waals surface area (Å²) < 4.78 is 5.20. The zero-order valence-electron chi connectivity index (χ0n) is 12.0. The molecule has 0 aliphatic carbocycles. The fraction of sp³-hybridized carbons (Fsp3) is 0.118. The predicted molar refractivity (Wildman–Crippen MR) is 87.7 cm³/mol. The molecule has 0 aliphatic heterocycles. The van der Waals surface area contributed by atoms with E-state index in [4.69, 9.17) is 10.1 Å². The number of hydrogen-bond acceptors (Lipinski definition) is 4. The van der Waals surface area contributed by atoms with Crippen molar-refractivity contribution >= 4 is 17.3 Å². The van der Waals surface area contributed by atoms with Gasteiger partial charge >= 0.3 is 0 Å². The molecule has 2 aromatic rings. The molecule has 0 unspecified atom stereocenters. The van der Waals surface area contributed by atoms with Crippen LogP contribution in [0.25, 0.3) is 0 Å². The summed E-state index contributed by atoms with van der Waals surface area (Å²) in [6, 6.07) is 17.3. The van der Waals surface area contributed by atoms with Crippen LogP contribution in [0.5, 0.6) is 0 Å². The molecule has 0 saturated carbocycles. The van der Waals surface area contributed by atoms with Gasteiger partial charge in [0.2, 0.25) is 5.90 Å². The minimum Gasteiger partial charge on any atom is -0.478 e. The third kappa shape index (κ3) is 4.38. The Labute approximate surface area is 125 Å². The number of rotatable bonds is 6. The monoisotopic (exact) mass is 281 g/mol. The third-order valence-corrected chi connectivity index (χ3v) is 2.78. The van der Waals surface area contributed by atoms with E-state index in [-0.39, 0.29) is 5.90 Å². The first-order valence-corrected chi connectivity index (χ1v) is 6.79. The normalized spacial score (nSPS) is 9.76. The number of nitrogens with one attached hydrogen (secondary N) is 3. The molecule has 0 amide bonds. The van der Waals surface area contributed by atoms with E-state index in [1.807, 2.05) is 61.5 Å². The van der Waals surface area contributed by atoms with E-state index in [1.54, 1.807) is 0 Å². The molecule has 4 heteroatoms. The molecule has 0 spiro atoms. The highest BCUT2D eigenvalue weighted by Gasteiger charge is 2.03. The lowest BCUT2D eigenvalue weighted by Gasteiger charge is -2.13. The Morgan fingerprint density at radius 1 is 1.05 bits per heavy atom. The molecule has 21 heavy (non-hydrogen) atoms. The molecule has 0 heterocycles. The van der Waals surface area contributed by atoms with Crippen LogP contribution in [0.4, 0.5) is 11.4 Å². The summed E-state index contributed by atoms with van der Waals surface area (Å²) in [5.74, 6) is 0.837. The number of anilines is 2. The predicted octanol–water partition coefficient (Wildman–Crippen LogP) is 4.04. The van der Waals surface area contributed by atoms with Gasteiger partial charge in [-0.3, -0.25) is 5.41 Å². The highest BCUT2D eigenvalue weighted by Crippen LogP contribution is 2.15. The number of hydrogen-bond donors (Lipinski definition) is 3. The van der Waals surface area contributed by atoms with Gasteiger partial charge in [-0.15, -0.1) is 0 Å². The Morgan fingerprint density at radius 3 is 2.43 bits per heavy atom. The molecule has 2 rings (SSSR count). The maximum atomic E-state index is 7.80. The smallest absolute Gasteiger partial charge is 0.213 e. The summed E-state index contributed by atoms with van der Waals surface area (Å²) in [5, 5.41) is 14.1. The van der Waals surface area contributed by atoms with Gasteiger partial charge < -0.3 is 15.4 Å². The Balaban J connectivity index is 2.01. The maximum absolute atomic E-state index is 7.80. The average molecular weight is 281 g/mol. The van der Waals surface area contributed by atoms with Crippen molar-refractivity contribution < 1.29 is 4.74 Å². The van der Waals surface area contributed by atoms with Crippen molar-refractivity contribution in [2.45, 2.75) is 6.92 Å². The topological polar surface area (TPSA) is 57.1 Å². The SMILES string of the molecule is C=C(Nc1ccccc1)Nc1cccc(C(=N)OCC)c1. The Kier molecular flexibility index (Phi) is 4.99. The van der Waals surface area contributed by atoms with E-state index in [0.717, 1.165) is 16.9 Å². The van der Waals surface area contributed by atoms with Crippen LogP contribution < -0.4 is 10.6 Å². The highest BCUT2D eigenvalue weighted by atomic mass is 16.5. The lowest BCUT2D eigenvalue weighted by molar-refractivity contribution is 0.325. The van der Waals surface area contributed by atoms with Crippen LogP contribution in [0.3, 0.4) is 0 Å². The quantitative estimate of drug-likeness (QED) is 0.553. The second-order valence-corrected chi connectivity index (χ2v) is 4.44. The molecule has 0 atom stereocenters. The van der Waals surface area contributed by atoms with Gasteiger partial charge in [0.15, 0.2) is 0 Å². The Bertz CT molecular complexity index is 623. The summed E-state index contributed by atoms with van der Waals surface area (Å²) in [5.41, 5.74) is 2.55. The van der Waals surface area contributed by atoms with Crippen LogP contribution in [0.1, 0.15) is 12.5 Å². The van der Waals surface area contributed by atoms with Crippen molar-refractivity contribution in [3.8, 4) is 0 Å². The molecular weight excluding hydrogens is 262 g/mol. The van der Waals surface area contributed by atoms with Gasteiger partial charge in [0.05, 0.1) is 6.61 Å². The molecule has 0 bridgehead atoms. The molecule has 0 radical (unpaired) electrons. The summed E-state index contributed by atoms with van der Waals surface area (Å²) in [6.07, 6.45) is 0. The third-order valence-electron chi connectivity index (χ3n) is 2.78. The van der Waals surface area contributed by atoms with E-state index < -0.39 is 0 Å². The molecule has 2 aromatic carbocycles. The number of para-hydroxylation sites is 1. The minimum absolute atomic E-state index is 0.169. The average Bonchev–Trinajstić information content (AvgIpc) is 2.48. The van der Waals surface area contributed by atoms with Crippen molar-refractivity contribution in [3.63, 3.8) is 0 Å². The molecular formula is C17H19N3O. The summed E-state index contributed by atoms with van der Waals surface area (Å²) in [4.78, 5) is 0. The highest BCUT2D eigenvalue weighted by molar-refractivity contribution is 5.92. The summed E-state index contributed by atoms with van der Waals surface area (Å²) in [7, 11) is 0. The molecule has 108 valence electrons. The molecule has 0 saturated heterocycles. The van der Waals surface area contributed by atoms with Crippen molar-refractivity contribution in [1.82, 2.24) is 0 Å². The summed E-state index contributed by atoms with van der Waals surface area (Å²) >= 11 is 0. The number of benzene rings is 2. The van der Waals surface area contributed by atoms with Crippen LogP contribution in [-0.4, -0.2) is 12.5 Å². The Morgan fingerprint density at radius 2 is 1.71 bits per heavy atom. The lowest BCUT2D eigenvalue weighted by Crippen LogP contribution is -2.09. The van der Waals surface area contributed by atoms with Crippen LogP contribution in [0.2, 0.25) is 0 Å². The second-order valence-electron chi connectivity index (χ2n) is 4.44. The van der Waals surface area contributed by atoms with Gasteiger partial charge in [0.1, 0.15) is 5.82 Å². The van der Waals surface area contributed by atoms with Gasteiger partial charge in [-0.2, -0.15) is 0 Å². The zero-order valence-corrected chi connectivity index (χ0v) is 12.0. The fourth-order valence-corrected chi connectivity index (χ4v) is 1.87. The van der Waals surface area contributed by atoms with E-state index in [0.29, 0.717) is 12.4 Å². The van der Waals surface area contributed by atoms with Crippen LogP contribution >= 0.6 is 0 Å². The van der Waals surface area contributed by atoms with Gasteiger partial charge in [-0.25, -0.2) is 0 Å². The largest absolute Gasteiger partial charge is 0.478 e. The molecule has 4 nitrogen and oxygen atoms in total. The molecule has 0 aliphatic rings. The minimum atomic E-state index is 0.169. The van der Waals surface area contributed by atoms with Crippen molar-refractivity contribution in [1.29, 1.82) is 5.41 Å². The van der Waals surface area contributed by atoms with E-state index in [1.165, 1.54) is 0 Å². The van der Waals surface area contributed by atoms with E-state index in [9.17, 15) is 0 Å². The molecule has 0 aromatic heterocycles. The lowest BCUT2D eigenvalue weighted by atomic mass is 10.2. The van der Waals surface area contributed by atoms with Gasteiger partial charge in [-0.05, 0) is 37.3 Å². The van der Waals surface area contributed by atoms with Crippen LogP contribution in [0.15, 0.2) is 67.0 Å². The Hall–Kier alpha value is -2.75. The first kappa shape index (κ1) is 14.7. The van der Waals surface area contributed by atoms with Crippen molar-refractivity contribution in [2.75, 3.05) is 17.2 Å². The maximum Gasteiger partial charge on any atom is 0.213 e. The first-order chi connectivity index (χ1) is 10.2. The van der Waals surface area contributed by atoms with Crippen LogP contribution in [-0.2, 0) is 4.74 Å². The number of ether oxygens (including phenoxy) is 1. The molecule has 0 fully saturated rings. The standard InChI is InChI=1S/C17H19N3O/c1-3-21-17(18)14-8-7-11-16(12-14)20-13(2)19-15-9-5-4-6-10-15/h4-12,18-20H,2-3H2,1H3. The first-order valence-electron chi connectivity index (χ1n) is 6.79. The van der Waals surface area contributed by atoms with E-state index >= 15 is 0 Å². The molecule has 3 N–H and O–H groups in total. The van der Waals surface area contributed by atoms with Crippen molar-refractivity contribution in [3.05, 3.63) is 72.6 Å².